The minimum absolute atomic E-state index is 0.235. The highest BCUT2D eigenvalue weighted by molar-refractivity contribution is 5.70. The molecule has 0 saturated heterocycles. The van der Waals surface area contributed by atoms with Crippen molar-refractivity contribution < 1.29 is 14.6 Å². The smallest absolute Gasteiger partial charge is 0.308 e. The molecule has 1 heterocycles. The van der Waals surface area contributed by atoms with E-state index in [0.29, 0.717) is 11.4 Å². The lowest BCUT2D eigenvalue weighted by molar-refractivity contribution is -0.136. The van der Waals surface area contributed by atoms with Crippen LogP contribution in [0.1, 0.15) is 5.56 Å². The van der Waals surface area contributed by atoms with Gasteiger partial charge < -0.3 is 14.8 Å². The van der Waals surface area contributed by atoms with Crippen LogP contribution in [0.3, 0.4) is 0 Å². The van der Waals surface area contributed by atoms with Gasteiger partial charge in [0.05, 0.1) is 13.5 Å². The second-order valence-electron chi connectivity index (χ2n) is 4.03. The van der Waals surface area contributed by atoms with Crippen molar-refractivity contribution in [1.82, 2.24) is 4.98 Å². The fourth-order valence-corrected chi connectivity index (χ4v) is 1.76. The Kier molecular flexibility index (Phi) is 3.66. The molecule has 19 heavy (non-hydrogen) atoms. The zero-order chi connectivity index (χ0) is 13.8. The number of aromatic amines is 1. The second-order valence-corrected chi connectivity index (χ2v) is 4.03. The van der Waals surface area contributed by atoms with Gasteiger partial charge >= 0.3 is 5.97 Å². The Labute approximate surface area is 109 Å². The highest BCUT2D eigenvalue weighted by atomic mass is 16.5. The number of benzene rings is 1. The Morgan fingerprint density at radius 1 is 1.32 bits per heavy atom. The van der Waals surface area contributed by atoms with Crippen LogP contribution in [0.2, 0.25) is 0 Å². The minimum Gasteiger partial charge on any atom is -0.497 e. The van der Waals surface area contributed by atoms with Crippen LogP contribution in [0.5, 0.6) is 5.75 Å². The molecule has 5 nitrogen and oxygen atoms in total. The van der Waals surface area contributed by atoms with E-state index in [0.717, 1.165) is 5.56 Å². The lowest BCUT2D eigenvalue weighted by Crippen LogP contribution is -2.16. The number of H-pyrrole nitrogens is 1. The fraction of sp³-hybridized carbons (Fsp3) is 0.143. The number of nitrogens with one attached hydrogen (secondary N) is 1. The van der Waals surface area contributed by atoms with Crippen molar-refractivity contribution in [1.29, 1.82) is 0 Å². The first kappa shape index (κ1) is 12.9. The zero-order valence-electron chi connectivity index (χ0n) is 10.3. The average Bonchev–Trinajstić information content (AvgIpc) is 2.40. The summed E-state index contributed by atoms with van der Waals surface area (Å²) in [6.45, 7) is 0. The molecular weight excluding hydrogens is 246 g/mol. The summed E-state index contributed by atoms with van der Waals surface area (Å²) in [4.78, 5) is 25.0. The third-order valence-corrected chi connectivity index (χ3v) is 2.71. The second kappa shape index (κ2) is 5.39. The van der Waals surface area contributed by atoms with Gasteiger partial charge in [0, 0.05) is 16.8 Å². The van der Waals surface area contributed by atoms with Crippen molar-refractivity contribution in [2.45, 2.75) is 6.42 Å². The van der Waals surface area contributed by atoms with Crippen molar-refractivity contribution in [2.24, 2.45) is 0 Å². The van der Waals surface area contributed by atoms with Crippen LogP contribution >= 0.6 is 0 Å². The van der Waals surface area contributed by atoms with Crippen LogP contribution in [-0.4, -0.2) is 23.2 Å². The van der Waals surface area contributed by atoms with Crippen LogP contribution in [0, 0.1) is 0 Å². The molecule has 2 aromatic rings. The molecule has 0 radical (unpaired) electrons. The third kappa shape index (κ3) is 3.01. The number of methoxy groups -OCH3 is 1. The topological polar surface area (TPSA) is 79.4 Å². The van der Waals surface area contributed by atoms with Gasteiger partial charge in [0.25, 0.3) is 5.56 Å². The number of ether oxygens (including phenoxy) is 1. The van der Waals surface area contributed by atoms with Gasteiger partial charge in [-0.25, -0.2) is 0 Å². The Morgan fingerprint density at radius 2 is 2.11 bits per heavy atom. The van der Waals surface area contributed by atoms with Crippen molar-refractivity contribution in [2.75, 3.05) is 7.11 Å². The SMILES string of the molecule is COc1cccc(-c2ccc(CC(=O)O)c(=O)[nH]2)c1. The van der Waals surface area contributed by atoms with Crippen LogP contribution in [0.25, 0.3) is 11.3 Å². The van der Waals surface area contributed by atoms with E-state index in [4.69, 9.17) is 9.84 Å². The fourth-order valence-electron chi connectivity index (χ4n) is 1.76. The summed E-state index contributed by atoms with van der Waals surface area (Å²) in [6.07, 6.45) is -0.284. The molecule has 0 fully saturated rings. The van der Waals surface area contributed by atoms with Gasteiger partial charge in [-0.1, -0.05) is 18.2 Å². The van der Waals surface area contributed by atoms with Crippen molar-refractivity contribution in [3.63, 3.8) is 0 Å². The number of carboxylic acids is 1. The minimum atomic E-state index is -1.03. The van der Waals surface area contributed by atoms with Gasteiger partial charge in [0.15, 0.2) is 0 Å². The average molecular weight is 259 g/mol. The predicted molar refractivity (Wildman–Crippen MR) is 70.4 cm³/mol. The summed E-state index contributed by atoms with van der Waals surface area (Å²) >= 11 is 0. The number of carbonyl (C=O) groups is 1. The first-order chi connectivity index (χ1) is 9.10. The van der Waals surface area contributed by atoms with Gasteiger partial charge in [-0.15, -0.1) is 0 Å². The van der Waals surface area contributed by atoms with Crippen molar-refractivity contribution in [3.8, 4) is 17.0 Å². The summed E-state index contributed by atoms with van der Waals surface area (Å²) in [7, 11) is 1.57. The molecule has 0 amide bonds. The molecule has 2 N–H and O–H groups in total. The molecule has 0 atom stereocenters. The molecule has 1 aromatic carbocycles. The standard InChI is InChI=1S/C14H13NO4/c1-19-11-4-2-3-9(7-11)12-6-5-10(8-13(16)17)14(18)15-12/h2-7H,8H2,1H3,(H,15,18)(H,16,17). The third-order valence-electron chi connectivity index (χ3n) is 2.71. The lowest BCUT2D eigenvalue weighted by atomic mass is 10.1. The number of aliphatic carboxylic acids is 1. The number of hydrogen-bond acceptors (Lipinski definition) is 3. The van der Waals surface area contributed by atoms with E-state index in [2.05, 4.69) is 4.98 Å². The number of aromatic nitrogens is 1. The quantitative estimate of drug-likeness (QED) is 0.875. The molecule has 0 spiro atoms. The molecule has 0 aliphatic carbocycles. The maximum absolute atomic E-state index is 11.8. The van der Waals surface area contributed by atoms with E-state index in [1.807, 2.05) is 12.1 Å². The van der Waals surface area contributed by atoms with E-state index >= 15 is 0 Å². The monoisotopic (exact) mass is 259 g/mol. The highest BCUT2D eigenvalue weighted by Gasteiger charge is 2.07. The first-order valence-corrected chi connectivity index (χ1v) is 5.68. The number of carboxylic acid groups (broad SMARTS) is 1. The largest absolute Gasteiger partial charge is 0.497 e. The Morgan fingerprint density at radius 3 is 2.74 bits per heavy atom. The molecule has 0 aliphatic rings. The van der Waals surface area contributed by atoms with E-state index in [9.17, 15) is 9.59 Å². The number of hydrogen-bond donors (Lipinski definition) is 2. The maximum atomic E-state index is 11.8. The van der Waals surface area contributed by atoms with Gasteiger partial charge in [-0.3, -0.25) is 9.59 Å². The molecule has 0 bridgehead atoms. The normalized spacial score (nSPS) is 10.2. The number of rotatable bonds is 4. The van der Waals surface area contributed by atoms with Gasteiger partial charge in [0.1, 0.15) is 5.75 Å². The van der Waals surface area contributed by atoms with E-state index in [-0.39, 0.29) is 17.5 Å². The molecule has 98 valence electrons. The molecule has 0 unspecified atom stereocenters. The first-order valence-electron chi connectivity index (χ1n) is 5.68. The maximum Gasteiger partial charge on any atom is 0.308 e. The van der Waals surface area contributed by atoms with Crippen molar-refractivity contribution >= 4 is 5.97 Å². The van der Waals surface area contributed by atoms with Crippen LogP contribution in [0.15, 0.2) is 41.2 Å². The molecule has 1 aromatic heterocycles. The molecule has 2 rings (SSSR count). The van der Waals surface area contributed by atoms with Crippen LogP contribution < -0.4 is 10.3 Å². The van der Waals surface area contributed by atoms with Crippen LogP contribution in [0.4, 0.5) is 0 Å². The molecule has 5 heteroatoms. The van der Waals surface area contributed by atoms with Gasteiger partial charge in [0.2, 0.25) is 0 Å². The van der Waals surface area contributed by atoms with E-state index < -0.39 is 5.97 Å². The summed E-state index contributed by atoms with van der Waals surface area (Å²) in [5, 5.41) is 8.68. The Balaban J connectivity index is 2.38. The van der Waals surface area contributed by atoms with Gasteiger partial charge in [-0.05, 0) is 18.2 Å². The Hall–Kier alpha value is -2.56. The van der Waals surface area contributed by atoms with E-state index in [1.165, 1.54) is 6.07 Å². The van der Waals surface area contributed by atoms with Crippen LogP contribution in [-0.2, 0) is 11.2 Å². The summed E-state index contributed by atoms with van der Waals surface area (Å²) < 4.78 is 5.11. The lowest BCUT2D eigenvalue weighted by Gasteiger charge is -2.05. The Bertz CT molecular complexity index is 660. The highest BCUT2D eigenvalue weighted by Crippen LogP contribution is 2.21. The summed E-state index contributed by atoms with van der Waals surface area (Å²) in [5.74, 6) is -0.340. The van der Waals surface area contributed by atoms with Gasteiger partial charge in [-0.2, -0.15) is 0 Å². The zero-order valence-corrected chi connectivity index (χ0v) is 10.3. The molecule has 0 saturated carbocycles. The summed E-state index contributed by atoms with van der Waals surface area (Å²) in [6, 6.07) is 10.5. The van der Waals surface area contributed by atoms with Crippen molar-refractivity contribution in [3.05, 3.63) is 52.3 Å². The number of pyridine rings is 1. The molecular formula is C14H13NO4. The van der Waals surface area contributed by atoms with E-state index in [1.54, 1.807) is 25.3 Å². The summed E-state index contributed by atoms with van der Waals surface area (Å²) in [5.41, 5.74) is 1.28. The molecule has 0 aliphatic heterocycles. The predicted octanol–water partition coefficient (Wildman–Crippen LogP) is 1.68.